The van der Waals surface area contributed by atoms with Crippen molar-refractivity contribution in [3.05, 3.63) is 0 Å². The molecule has 1 saturated heterocycles. The van der Waals surface area contributed by atoms with Gasteiger partial charge in [-0.2, -0.15) is 0 Å². The van der Waals surface area contributed by atoms with Crippen molar-refractivity contribution in [2.45, 2.75) is 12.8 Å². The second-order valence-corrected chi connectivity index (χ2v) is 2.67. The summed E-state index contributed by atoms with van der Waals surface area (Å²) in [5, 5.41) is 10.1. The van der Waals surface area contributed by atoms with Crippen molar-refractivity contribution in [1.82, 2.24) is 5.01 Å². The first kappa shape index (κ1) is 7.50. The fourth-order valence-electron chi connectivity index (χ4n) is 1.21. The molecule has 0 spiro atoms. The number of aliphatic carboxylic acids is 1. The number of carboxylic acid groups (broad SMARTS) is 1. The van der Waals surface area contributed by atoms with Gasteiger partial charge >= 0.3 is 5.97 Å². The molecule has 0 saturated carbocycles. The lowest BCUT2D eigenvalue weighted by Crippen LogP contribution is -2.42. The van der Waals surface area contributed by atoms with E-state index in [2.05, 4.69) is 0 Å². The maximum Gasteiger partial charge on any atom is 0.307 e. The second kappa shape index (κ2) is 2.98. The second-order valence-electron chi connectivity index (χ2n) is 2.67. The lowest BCUT2D eigenvalue weighted by molar-refractivity contribution is -0.143. The largest absolute Gasteiger partial charge is 0.481 e. The van der Waals surface area contributed by atoms with Gasteiger partial charge in [0.25, 0.3) is 0 Å². The normalized spacial score (nSPS) is 28.3. The number of hydrogen-bond donors (Lipinski definition) is 2. The van der Waals surface area contributed by atoms with Crippen LogP contribution in [-0.4, -0.2) is 29.2 Å². The maximum atomic E-state index is 10.4. The van der Waals surface area contributed by atoms with Crippen LogP contribution in [-0.2, 0) is 4.79 Å². The summed E-state index contributed by atoms with van der Waals surface area (Å²) in [6, 6.07) is 0. The molecule has 1 heterocycles. The van der Waals surface area contributed by atoms with Crippen LogP contribution in [0, 0.1) is 5.92 Å². The Morgan fingerprint density at radius 2 is 2.40 bits per heavy atom. The Bertz CT molecular complexity index is 138. The molecule has 1 aliphatic heterocycles. The standard InChI is InChI=1S/C6H12N2O2/c7-8-3-1-2-5(4-8)6(9)10/h5H,1-4,7H2,(H,9,10). The first-order valence-corrected chi connectivity index (χ1v) is 3.42. The van der Waals surface area contributed by atoms with Gasteiger partial charge in [-0.25, -0.2) is 5.01 Å². The monoisotopic (exact) mass is 144 g/mol. The molecule has 0 radical (unpaired) electrons. The zero-order chi connectivity index (χ0) is 7.56. The lowest BCUT2D eigenvalue weighted by atomic mass is 10.00. The van der Waals surface area contributed by atoms with Crippen molar-refractivity contribution >= 4 is 5.97 Å². The predicted molar refractivity (Wildman–Crippen MR) is 36.1 cm³/mol. The minimum Gasteiger partial charge on any atom is -0.481 e. The number of nitrogens with zero attached hydrogens (tertiary/aromatic N) is 1. The Morgan fingerprint density at radius 1 is 1.70 bits per heavy atom. The van der Waals surface area contributed by atoms with Crippen molar-refractivity contribution < 1.29 is 9.90 Å². The smallest absolute Gasteiger partial charge is 0.307 e. The number of hydrogen-bond acceptors (Lipinski definition) is 3. The van der Waals surface area contributed by atoms with Crippen LogP contribution >= 0.6 is 0 Å². The highest BCUT2D eigenvalue weighted by molar-refractivity contribution is 5.70. The molecule has 4 nitrogen and oxygen atoms in total. The summed E-state index contributed by atoms with van der Waals surface area (Å²) in [4.78, 5) is 10.4. The Balaban J connectivity index is 2.39. The molecule has 3 N–H and O–H groups in total. The number of carbonyl (C=O) groups is 1. The molecule has 4 heteroatoms. The van der Waals surface area contributed by atoms with Crippen molar-refractivity contribution in [3.63, 3.8) is 0 Å². The predicted octanol–water partition coefficient (Wildman–Crippen LogP) is -0.343. The molecule has 1 unspecified atom stereocenters. The van der Waals surface area contributed by atoms with E-state index in [4.69, 9.17) is 10.9 Å². The van der Waals surface area contributed by atoms with Gasteiger partial charge < -0.3 is 5.11 Å². The van der Waals surface area contributed by atoms with Crippen molar-refractivity contribution in [1.29, 1.82) is 0 Å². The summed E-state index contributed by atoms with van der Waals surface area (Å²) in [5.74, 6) is 4.46. The summed E-state index contributed by atoms with van der Waals surface area (Å²) in [6.07, 6.45) is 1.66. The summed E-state index contributed by atoms with van der Waals surface area (Å²) < 4.78 is 0. The average molecular weight is 144 g/mol. The maximum absolute atomic E-state index is 10.4. The van der Waals surface area contributed by atoms with E-state index in [1.54, 1.807) is 5.01 Å². The van der Waals surface area contributed by atoms with E-state index in [0.29, 0.717) is 6.54 Å². The Labute approximate surface area is 59.6 Å². The third-order valence-corrected chi connectivity index (χ3v) is 1.80. The van der Waals surface area contributed by atoms with Crippen LogP contribution in [0.5, 0.6) is 0 Å². The zero-order valence-corrected chi connectivity index (χ0v) is 5.79. The molecule has 0 aromatic carbocycles. The highest BCUT2D eigenvalue weighted by atomic mass is 16.4. The van der Waals surface area contributed by atoms with Gasteiger partial charge in [-0.05, 0) is 12.8 Å². The fraction of sp³-hybridized carbons (Fsp3) is 0.833. The Morgan fingerprint density at radius 3 is 2.80 bits per heavy atom. The molecular weight excluding hydrogens is 132 g/mol. The van der Waals surface area contributed by atoms with E-state index in [1.807, 2.05) is 0 Å². The minimum absolute atomic E-state index is 0.251. The van der Waals surface area contributed by atoms with Crippen LogP contribution in [0.2, 0.25) is 0 Å². The van der Waals surface area contributed by atoms with E-state index in [-0.39, 0.29) is 5.92 Å². The van der Waals surface area contributed by atoms with Crippen LogP contribution in [0.25, 0.3) is 0 Å². The fourth-order valence-corrected chi connectivity index (χ4v) is 1.21. The van der Waals surface area contributed by atoms with E-state index in [0.717, 1.165) is 19.4 Å². The Hall–Kier alpha value is -0.610. The summed E-state index contributed by atoms with van der Waals surface area (Å²) in [5.41, 5.74) is 0. The summed E-state index contributed by atoms with van der Waals surface area (Å²) >= 11 is 0. The summed E-state index contributed by atoms with van der Waals surface area (Å²) in [6.45, 7) is 1.32. The number of hydrazine groups is 1. The molecule has 0 amide bonds. The van der Waals surface area contributed by atoms with Crippen LogP contribution in [0.1, 0.15) is 12.8 Å². The molecule has 58 valence electrons. The number of nitrogens with two attached hydrogens (primary N) is 1. The molecule has 0 aromatic heterocycles. The first-order chi connectivity index (χ1) is 4.70. The molecule has 10 heavy (non-hydrogen) atoms. The van der Waals surface area contributed by atoms with Gasteiger partial charge in [0.2, 0.25) is 0 Å². The van der Waals surface area contributed by atoms with Gasteiger partial charge in [0.05, 0.1) is 5.92 Å². The van der Waals surface area contributed by atoms with Gasteiger partial charge in [0.15, 0.2) is 0 Å². The molecular formula is C6H12N2O2. The van der Waals surface area contributed by atoms with E-state index < -0.39 is 5.97 Å². The number of carboxylic acids is 1. The number of rotatable bonds is 1. The highest BCUT2D eigenvalue weighted by Gasteiger charge is 2.23. The average Bonchev–Trinajstić information content (AvgIpc) is 1.88. The molecule has 1 atom stereocenters. The molecule has 0 aliphatic carbocycles. The zero-order valence-electron chi connectivity index (χ0n) is 5.79. The minimum atomic E-state index is -0.727. The first-order valence-electron chi connectivity index (χ1n) is 3.42. The van der Waals surface area contributed by atoms with Crippen LogP contribution < -0.4 is 5.84 Å². The Kier molecular flexibility index (Phi) is 2.24. The molecule has 1 fully saturated rings. The topological polar surface area (TPSA) is 66.6 Å². The third kappa shape index (κ3) is 1.68. The van der Waals surface area contributed by atoms with Crippen LogP contribution in [0.15, 0.2) is 0 Å². The van der Waals surface area contributed by atoms with Crippen molar-refractivity contribution in [3.8, 4) is 0 Å². The summed E-state index contributed by atoms with van der Waals surface area (Å²) in [7, 11) is 0. The van der Waals surface area contributed by atoms with Crippen molar-refractivity contribution in [2.75, 3.05) is 13.1 Å². The van der Waals surface area contributed by atoms with Gasteiger partial charge in [-0.1, -0.05) is 0 Å². The quantitative estimate of drug-likeness (QED) is 0.494. The highest BCUT2D eigenvalue weighted by Crippen LogP contribution is 2.13. The van der Waals surface area contributed by atoms with Gasteiger partial charge in [0.1, 0.15) is 0 Å². The van der Waals surface area contributed by atoms with Crippen LogP contribution in [0.4, 0.5) is 0 Å². The molecule has 0 bridgehead atoms. The van der Waals surface area contributed by atoms with Gasteiger partial charge in [0, 0.05) is 13.1 Å². The van der Waals surface area contributed by atoms with Crippen molar-refractivity contribution in [2.24, 2.45) is 11.8 Å². The van der Waals surface area contributed by atoms with Gasteiger partial charge in [-0.3, -0.25) is 10.6 Å². The van der Waals surface area contributed by atoms with E-state index >= 15 is 0 Å². The molecule has 1 rings (SSSR count). The lowest BCUT2D eigenvalue weighted by Gasteiger charge is -2.26. The number of piperidine rings is 1. The molecule has 1 aliphatic rings. The molecule has 0 aromatic rings. The van der Waals surface area contributed by atoms with E-state index in [9.17, 15) is 4.79 Å². The van der Waals surface area contributed by atoms with Crippen LogP contribution in [0.3, 0.4) is 0 Å². The van der Waals surface area contributed by atoms with Gasteiger partial charge in [-0.15, -0.1) is 0 Å². The SMILES string of the molecule is NN1CCCC(C(=O)O)C1. The van der Waals surface area contributed by atoms with E-state index in [1.165, 1.54) is 0 Å². The third-order valence-electron chi connectivity index (χ3n) is 1.80.